The molecule has 0 saturated carbocycles. The molecule has 1 aromatic heterocycles. The van der Waals surface area contributed by atoms with Crippen LogP contribution in [0.3, 0.4) is 0 Å². The van der Waals surface area contributed by atoms with Crippen LogP contribution in [0.25, 0.3) is 11.4 Å². The van der Waals surface area contributed by atoms with Crippen molar-refractivity contribution in [3.8, 4) is 11.4 Å². The zero-order chi connectivity index (χ0) is 21.0. The van der Waals surface area contributed by atoms with Crippen molar-refractivity contribution in [3.05, 3.63) is 35.5 Å². The second-order valence-corrected chi connectivity index (χ2v) is 7.47. The summed E-state index contributed by atoms with van der Waals surface area (Å²) in [6, 6.07) is 4.79. The highest BCUT2D eigenvalue weighted by atomic mass is 19.1. The molecular formula is C21H30FN5O2. The van der Waals surface area contributed by atoms with Crippen molar-refractivity contribution in [2.75, 3.05) is 45.8 Å². The summed E-state index contributed by atoms with van der Waals surface area (Å²) in [5, 5.41) is 4.07. The highest BCUT2D eigenvalue weighted by Crippen LogP contribution is 2.24. The van der Waals surface area contributed by atoms with E-state index >= 15 is 0 Å². The number of halogens is 1. The number of carbonyl (C=O) groups is 1. The van der Waals surface area contributed by atoms with E-state index in [1.807, 2.05) is 25.7 Å². The standard InChI is InChI=1S/C21H30FN5O2/c1-5-26(6-2)19(28)14-25-9-11-27(12-10-25)16(4)21-23-20(24-29-21)17-7-8-18(22)15(3)13-17/h7-8,13,16H,5-6,9-12,14H2,1-4H3. The summed E-state index contributed by atoms with van der Waals surface area (Å²) in [6.45, 7) is 13.1. The Morgan fingerprint density at radius 3 is 2.55 bits per heavy atom. The van der Waals surface area contributed by atoms with Gasteiger partial charge in [0, 0.05) is 44.8 Å². The van der Waals surface area contributed by atoms with Crippen molar-refractivity contribution in [2.45, 2.75) is 33.7 Å². The first-order valence-electron chi connectivity index (χ1n) is 10.3. The minimum atomic E-state index is -0.247. The highest BCUT2D eigenvalue weighted by molar-refractivity contribution is 5.78. The maximum absolute atomic E-state index is 13.5. The van der Waals surface area contributed by atoms with Gasteiger partial charge in [0.1, 0.15) is 5.82 Å². The summed E-state index contributed by atoms with van der Waals surface area (Å²) in [6.07, 6.45) is 0. The van der Waals surface area contributed by atoms with Crippen LogP contribution >= 0.6 is 0 Å². The summed E-state index contributed by atoms with van der Waals surface area (Å²) < 4.78 is 19.0. The Morgan fingerprint density at radius 1 is 1.24 bits per heavy atom. The summed E-state index contributed by atoms with van der Waals surface area (Å²) in [4.78, 5) is 23.2. The van der Waals surface area contributed by atoms with Crippen LogP contribution in [0.1, 0.15) is 38.3 Å². The van der Waals surface area contributed by atoms with Gasteiger partial charge in [0.05, 0.1) is 12.6 Å². The largest absolute Gasteiger partial charge is 0.342 e. The predicted molar refractivity (Wildman–Crippen MR) is 109 cm³/mol. The van der Waals surface area contributed by atoms with Gasteiger partial charge in [-0.05, 0) is 51.5 Å². The lowest BCUT2D eigenvalue weighted by Crippen LogP contribution is -2.50. The molecule has 7 nitrogen and oxygen atoms in total. The summed E-state index contributed by atoms with van der Waals surface area (Å²) >= 11 is 0. The smallest absolute Gasteiger partial charge is 0.244 e. The number of amides is 1. The molecule has 0 spiro atoms. The molecule has 3 rings (SSSR count). The van der Waals surface area contributed by atoms with E-state index in [-0.39, 0.29) is 17.8 Å². The number of likely N-dealkylation sites (N-methyl/N-ethyl adjacent to an activating group) is 1. The van der Waals surface area contributed by atoms with E-state index in [0.717, 1.165) is 44.8 Å². The van der Waals surface area contributed by atoms with Gasteiger partial charge in [0.2, 0.25) is 17.6 Å². The molecule has 1 fully saturated rings. The molecule has 2 heterocycles. The first-order valence-corrected chi connectivity index (χ1v) is 10.3. The molecule has 1 amide bonds. The lowest BCUT2D eigenvalue weighted by molar-refractivity contribution is -0.132. The van der Waals surface area contributed by atoms with Gasteiger partial charge >= 0.3 is 0 Å². The van der Waals surface area contributed by atoms with Gasteiger partial charge in [-0.25, -0.2) is 4.39 Å². The zero-order valence-corrected chi connectivity index (χ0v) is 17.7. The summed E-state index contributed by atoms with van der Waals surface area (Å²) in [5.74, 6) is 0.962. The average molecular weight is 404 g/mol. The number of piperazine rings is 1. The first-order chi connectivity index (χ1) is 13.9. The zero-order valence-electron chi connectivity index (χ0n) is 17.7. The number of aromatic nitrogens is 2. The van der Waals surface area contributed by atoms with E-state index in [1.165, 1.54) is 6.07 Å². The Bertz CT molecular complexity index is 828. The number of hydrogen-bond donors (Lipinski definition) is 0. The van der Waals surface area contributed by atoms with Crippen LogP contribution in [0, 0.1) is 12.7 Å². The van der Waals surface area contributed by atoms with Crippen molar-refractivity contribution < 1.29 is 13.7 Å². The Kier molecular flexibility index (Phi) is 6.97. The van der Waals surface area contributed by atoms with Gasteiger partial charge in [-0.15, -0.1) is 0 Å². The van der Waals surface area contributed by atoms with Crippen LogP contribution in [0.4, 0.5) is 4.39 Å². The molecule has 1 saturated heterocycles. The van der Waals surface area contributed by atoms with Crippen molar-refractivity contribution in [2.24, 2.45) is 0 Å². The molecule has 0 bridgehead atoms. The molecule has 8 heteroatoms. The highest BCUT2D eigenvalue weighted by Gasteiger charge is 2.27. The number of carbonyl (C=O) groups excluding carboxylic acids is 1. The van der Waals surface area contributed by atoms with E-state index in [2.05, 4.69) is 19.9 Å². The van der Waals surface area contributed by atoms with Crippen LogP contribution in [0.2, 0.25) is 0 Å². The maximum atomic E-state index is 13.5. The molecule has 0 radical (unpaired) electrons. The average Bonchev–Trinajstić information content (AvgIpc) is 3.21. The SMILES string of the molecule is CCN(CC)C(=O)CN1CCN(C(C)c2nc(-c3ccc(F)c(C)c3)no2)CC1. The third-order valence-electron chi connectivity index (χ3n) is 5.64. The number of aryl methyl sites for hydroxylation is 1. The minimum Gasteiger partial charge on any atom is -0.342 e. The van der Waals surface area contributed by atoms with E-state index in [0.29, 0.717) is 23.8 Å². The van der Waals surface area contributed by atoms with Gasteiger partial charge in [0.25, 0.3) is 0 Å². The molecule has 1 aliphatic heterocycles. The minimum absolute atomic E-state index is 0.0153. The molecule has 1 aliphatic rings. The van der Waals surface area contributed by atoms with Gasteiger partial charge in [0.15, 0.2) is 0 Å². The Morgan fingerprint density at radius 2 is 1.93 bits per heavy atom. The Balaban J connectivity index is 1.57. The van der Waals surface area contributed by atoms with Crippen molar-refractivity contribution in [1.82, 2.24) is 24.8 Å². The number of hydrogen-bond acceptors (Lipinski definition) is 6. The van der Waals surface area contributed by atoms with Crippen LogP contribution < -0.4 is 0 Å². The van der Waals surface area contributed by atoms with Crippen LogP contribution in [-0.4, -0.2) is 76.6 Å². The third-order valence-corrected chi connectivity index (χ3v) is 5.64. The molecule has 2 aromatic rings. The van der Waals surface area contributed by atoms with E-state index in [1.54, 1.807) is 19.1 Å². The van der Waals surface area contributed by atoms with Gasteiger partial charge in [-0.2, -0.15) is 4.98 Å². The number of benzene rings is 1. The molecular weight excluding hydrogens is 373 g/mol. The maximum Gasteiger partial charge on any atom is 0.244 e. The van der Waals surface area contributed by atoms with Gasteiger partial charge in [-0.3, -0.25) is 14.6 Å². The molecule has 0 N–H and O–H groups in total. The predicted octanol–water partition coefficient (Wildman–Crippen LogP) is 2.73. The summed E-state index contributed by atoms with van der Waals surface area (Å²) in [7, 11) is 0. The number of nitrogens with zero attached hydrogens (tertiary/aromatic N) is 5. The van der Waals surface area contributed by atoms with Crippen LogP contribution in [-0.2, 0) is 4.79 Å². The quantitative estimate of drug-likeness (QED) is 0.708. The van der Waals surface area contributed by atoms with Gasteiger partial charge < -0.3 is 9.42 Å². The topological polar surface area (TPSA) is 65.7 Å². The fraction of sp³-hybridized carbons (Fsp3) is 0.571. The molecule has 1 aromatic carbocycles. The molecule has 0 aliphatic carbocycles. The fourth-order valence-corrected chi connectivity index (χ4v) is 3.64. The first kappa shape index (κ1) is 21.4. The van der Waals surface area contributed by atoms with Crippen LogP contribution in [0.5, 0.6) is 0 Å². The van der Waals surface area contributed by atoms with E-state index in [4.69, 9.17) is 4.52 Å². The lowest BCUT2D eigenvalue weighted by Gasteiger charge is -2.37. The molecule has 29 heavy (non-hydrogen) atoms. The normalized spacial score (nSPS) is 16.7. The lowest BCUT2D eigenvalue weighted by atomic mass is 10.1. The monoisotopic (exact) mass is 403 g/mol. The molecule has 1 unspecified atom stereocenters. The summed E-state index contributed by atoms with van der Waals surface area (Å²) in [5.41, 5.74) is 1.29. The van der Waals surface area contributed by atoms with Gasteiger partial charge in [-0.1, -0.05) is 5.16 Å². The second kappa shape index (κ2) is 9.45. The fourth-order valence-electron chi connectivity index (χ4n) is 3.64. The van der Waals surface area contributed by atoms with Crippen LogP contribution in [0.15, 0.2) is 22.7 Å². The Hall–Kier alpha value is -2.32. The number of rotatable bonds is 7. The van der Waals surface area contributed by atoms with Crippen molar-refractivity contribution in [3.63, 3.8) is 0 Å². The van der Waals surface area contributed by atoms with E-state index < -0.39 is 0 Å². The van der Waals surface area contributed by atoms with Crippen molar-refractivity contribution >= 4 is 5.91 Å². The van der Waals surface area contributed by atoms with E-state index in [9.17, 15) is 9.18 Å². The second-order valence-electron chi connectivity index (χ2n) is 7.47. The Labute approximate surface area is 171 Å². The van der Waals surface area contributed by atoms with Crippen molar-refractivity contribution in [1.29, 1.82) is 0 Å². The molecule has 1 atom stereocenters. The third kappa shape index (κ3) is 5.00. The molecule has 158 valence electrons.